The van der Waals surface area contributed by atoms with Crippen molar-refractivity contribution in [2.45, 2.75) is 32.4 Å². The summed E-state index contributed by atoms with van der Waals surface area (Å²) in [5, 5.41) is 13.8. The van der Waals surface area contributed by atoms with Crippen molar-refractivity contribution in [1.82, 2.24) is 10.2 Å². The molecule has 1 saturated heterocycles. The summed E-state index contributed by atoms with van der Waals surface area (Å²) in [6, 6.07) is 7.94. The molecule has 1 aliphatic heterocycles. The number of nitrogens with zero attached hydrogens (tertiary/aromatic N) is 2. The summed E-state index contributed by atoms with van der Waals surface area (Å²) in [6.45, 7) is 2.79. The number of hydrogen-bond donors (Lipinski definition) is 2. The number of amides is 1. The summed E-state index contributed by atoms with van der Waals surface area (Å²) in [7, 11) is 0. The Bertz CT molecular complexity index is 632. The predicted molar refractivity (Wildman–Crippen MR) is 80.3 cm³/mol. The maximum atomic E-state index is 11.0. The second-order valence-corrected chi connectivity index (χ2v) is 5.18. The Morgan fingerprint density at radius 3 is 2.82 bits per heavy atom. The Balaban J connectivity index is 1.54. The molecule has 0 saturated carbocycles. The molecule has 2 heterocycles. The summed E-state index contributed by atoms with van der Waals surface area (Å²) in [5.74, 6) is 0.444. The Hall–Kier alpha value is -2.41. The highest BCUT2D eigenvalue weighted by atomic mass is 16.5. The van der Waals surface area contributed by atoms with E-state index in [1.807, 2.05) is 24.3 Å². The van der Waals surface area contributed by atoms with Crippen LogP contribution in [-0.4, -0.2) is 22.7 Å². The molecule has 3 rings (SSSR count). The molecule has 1 atom stereocenters. The minimum atomic E-state index is -0.0848. The summed E-state index contributed by atoms with van der Waals surface area (Å²) in [6.07, 6.45) is 1.88. The van der Waals surface area contributed by atoms with E-state index in [4.69, 9.17) is 9.15 Å². The van der Waals surface area contributed by atoms with Crippen LogP contribution < -0.4 is 10.6 Å². The van der Waals surface area contributed by atoms with E-state index >= 15 is 0 Å². The van der Waals surface area contributed by atoms with Gasteiger partial charge in [-0.25, -0.2) is 0 Å². The molecule has 1 aliphatic rings. The van der Waals surface area contributed by atoms with Crippen molar-refractivity contribution >= 4 is 17.6 Å². The monoisotopic (exact) mass is 302 g/mol. The minimum absolute atomic E-state index is 0.0695. The number of rotatable bonds is 5. The van der Waals surface area contributed by atoms with Crippen molar-refractivity contribution in [2.75, 3.05) is 17.2 Å². The van der Waals surface area contributed by atoms with Gasteiger partial charge in [0.1, 0.15) is 6.10 Å². The molecule has 7 nitrogen and oxygen atoms in total. The van der Waals surface area contributed by atoms with Crippen LogP contribution in [0.15, 0.2) is 28.7 Å². The highest BCUT2D eigenvalue weighted by Gasteiger charge is 2.23. The van der Waals surface area contributed by atoms with E-state index in [1.165, 1.54) is 6.92 Å². The molecule has 2 N–H and O–H groups in total. The number of anilines is 2. The van der Waals surface area contributed by atoms with Crippen LogP contribution in [0, 0.1) is 0 Å². The fourth-order valence-corrected chi connectivity index (χ4v) is 2.30. The number of aromatic nitrogens is 2. The molecule has 0 radical (unpaired) electrons. The number of carbonyl (C=O) groups is 1. The number of nitrogens with one attached hydrogen (secondary N) is 2. The third-order valence-electron chi connectivity index (χ3n) is 3.36. The largest absolute Gasteiger partial charge is 0.405 e. The number of ether oxygens (including phenoxy) is 1. The van der Waals surface area contributed by atoms with E-state index in [-0.39, 0.29) is 12.0 Å². The SMILES string of the molecule is CC(=O)Nc1ccc(CNc2nnc([C@@H]3CCCO3)o2)cc1. The zero-order valence-corrected chi connectivity index (χ0v) is 12.3. The van der Waals surface area contributed by atoms with Crippen LogP contribution in [-0.2, 0) is 16.1 Å². The Kier molecular flexibility index (Phi) is 4.34. The summed E-state index contributed by atoms with van der Waals surface area (Å²) in [4.78, 5) is 11.0. The van der Waals surface area contributed by atoms with E-state index in [0.717, 1.165) is 30.7 Å². The van der Waals surface area contributed by atoms with Gasteiger partial charge < -0.3 is 19.8 Å². The molecular formula is C15H18N4O3. The van der Waals surface area contributed by atoms with Gasteiger partial charge in [0.2, 0.25) is 11.8 Å². The normalized spacial score (nSPS) is 17.4. The quantitative estimate of drug-likeness (QED) is 0.882. The smallest absolute Gasteiger partial charge is 0.315 e. The van der Waals surface area contributed by atoms with Crippen LogP contribution >= 0.6 is 0 Å². The molecule has 0 aliphatic carbocycles. The van der Waals surface area contributed by atoms with Crippen LogP contribution in [0.25, 0.3) is 0 Å². The average Bonchev–Trinajstić information content (AvgIpc) is 3.17. The van der Waals surface area contributed by atoms with Gasteiger partial charge in [0.15, 0.2) is 0 Å². The standard InChI is InChI=1S/C15H18N4O3/c1-10(20)17-12-6-4-11(5-7-12)9-16-15-19-18-14(22-15)13-3-2-8-21-13/h4-7,13H,2-3,8-9H2,1H3,(H,16,19)(H,17,20)/t13-/m0/s1. The molecule has 0 spiro atoms. The van der Waals surface area contributed by atoms with Crippen molar-refractivity contribution in [3.05, 3.63) is 35.7 Å². The van der Waals surface area contributed by atoms with E-state index < -0.39 is 0 Å². The molecule has 116 valence electrons. The first-order valence-electron chi connectivity index (χ1n) is 7.26. The highest BCUT2D eigenvalue weighted by Crippen LogP contribution is 2.28. The molecule has 0 bridgehead atoms. The molecule has 2 aromatic rings. The van der Waals surface area contributed by atoms with Crippen molar-refractivity contribution in [1.29, 1.82) is 0 Å². The molecule has 1 aromatic carbocycles. The lowest BCUT2D eigenvalue weighted by Crippen LogP contribution is -2.06. The Labute approximate surface area is 128 Å². The second kappa shape index (κ2) is 6.57. The van der Waals surface area contributed by atoms with Gasteiger partial charge in [-0.15, -0.1) is 5.10 Å². The fraction of sp³-hybridized carbons (Fsp3) is 0.400. The van der Waals surface area contributed by atoms with Gasteiger partial charge in [0.05, 0.1) is 0 Å². The molecule has 1 aromatic heterocycles. The van der Waals surface area contributed by atoms with Crippen LogP contribution in [0.5, 0.6) is 0 Å². The van der Waals surface area contributed by atoms with Crippen molar-refractivity contribution in [3.8, 4) is 0 Å². The molecule has 7 heteroatoms. The topological polar surface area (TPSA) is 89.3 Å². The molecule has 22 heavy (non-hydrogen) atoms. The zero-order valence-electron chi connectivity index (χ0n) is 12.3. The maximum absolute atomic E-state index is 11.0. The summed E-state index contributed by atoms with van der Waals surface area (Å²) >= 11 is 0. The van der Waals surface area contributed by atoms with E-state index in [2.05, 4.69) is 20.8 Å². The molecular weight excluding hydrogens is 284 g/mol. The number of carbonyl (C=O) groups excluding carboxylic acids is 1. The summed E-state index contributed by atoms with van der Waals surface area (Å²) in [5.41, 5.74) is 1.82. The first-order chi connectivity index (χ1) is 10.7. The van der Waals surface area contributed by atoms with Crippen molar-refractivity contribution in [3.63, 3.8) is 0 Å². The van der Waals surface area contributed by atoms with Crippen LogP contribution in [0.2, 0.25) is 0 Å². The predicted octanol–water partition coefficient (Wildman–Crippen LogP) is 2.49. The van der Waals surface area contributed by atoms with E-state index in [0.29, 0.717) is 18.5 Å². The maximum Gasteiger partial charge on any atom is 0.315 e. The second-order valence-electron chi connectivity index (χ2n) is 5.18. The average molecular weight is 302 g/mol. The first-order valence-corrected chi connectivity index (χ1v) is 7.26. The Morgan fingerprint density at radius 1 is 1.32 bits per heavy atom. The fourth-order valence-electron chi connectivity index (χ4n) is 2.30. The van der Waals surface area contributed by atoms with Crippen molar-refractivity contribution < 1.29 is 13.9 Å². The van der Waals surface area contributed by atoms with Gasteiger partial charge in [-0.1, -0.05) is 17.2 Å². The highest BCUT2D eigenvalue weighted by molar-refractivity contribution is 5.88. The van der Waals surface area contributed by atoms with Gasteiger partial charge >= 0.3 is 6.01 Å². The van der Waals surface area contributed by atoms with E-state index in [9.17, 15) is 4.79 Å². The number of hydrogen-bond acceptors (Lipinski definition) is 6. The van der Waals surface area contributed by atoms with Gasteiger partial charge in [-0.05, 0) is 30.5 Å². The van der Waals surface area contributed by atoms with Gasteiger partial charge in [0, 0.05) is 25.8 Å². The third-order valence-corrected chi connectivity index (χ3v) is 3.36. The van der Waals surface area contributed by atoms with Crippen LogP contribution in [0.1, 0.15) is 37.3 Å². The van der Waals surface area contributed by atoms with Crippen molar-refractivity contribution in [2.24, 2.45) is 0 Å². The zero-order chi connectivity index (χ0) is 15.4. The lowest BCUT2D eigenvalue weighted by molar-refractivity contribution is -0.114. The Morgan fingerprint density at radius 2 is 2.14 bits per heavy atom. The van der Waals surface area contributed by atoms with E-state index in [1.54, 1.807) is 0 Å². The lowest BCUT2D eigenvalue weighted by Gasteiger charge is -2.05. The summed E-state index contributed by atoms with van der Waals surface area (Å²) < 4.78 is 11.1. The van der Waals surface area contributed by atoms with Gasteiger partial charge in [0.25, 0.3) is 0 Å². The van der Waals surface area contributed by atoms with Crippen LogP contribution in [0.3, 0.4) is 0 Å². The lowest BCUT2D eigenvalue weighted by atomic mass is 10.2. The molecule has 0 unspecified atom stereocenters. The van der Waals surface area contributed by atoms with Gasteiger partial charge in [-0.2, -0.15) is 0 Å². The number of benzene rings is 1. The minimum Gasteiger partial charge on any atom is -0.405 e. The third kappa shape index (κ3) is 3.62. The van der Waals surface area contributed by atoms with Gasteiger partial charge in [-0.3, -0.25) is 4.79 Å². The molecule has 1 amide bonds. The first kappa shape index (κ1) is 14.5. The molecule has 1 fully saturated rings. The van der Waals surface area contributed by atoms with Crippen LogP contribution in [0.4, 0.5) is 11.7 Å².